The molecule has 37 heavy (non-hydrogen) atoms. The van der Waals surface area contributed by atoms with E-state index in [0.29, 0.717) is 24.1 Å². The van der Waals surface area contributed by atoms with Crippen molar-refractivity contribution in [2.24, 2.45) is 0 Å². The fraction of sp³-hybridized carbons (Fsp3) is 0.207. The number of rotatable bonds is 7. The standard InChI is InChI=1S/C29H26ClN3O4/c1-18-22(21-11-7-4-8-12-21)13-14-23(29(15-16-29)27(34)35)25(18)33-26(24(30)17-31-33)32-28(36)37-19(2)20-9-5-3-6-10-20/h3-14,17,19H,15-16H2,1-2H3,(H,32,36)(H,34,35). The number of carboxylic acid groups (broad SMARTS) is 1. The van der Waals surface area contributed by atoms with Crippen molar-refractivity contribution in [2.75, 3.05) is 5.32 Å². The molecule has 7 nitrogen and oxygen atoms in total. The Morgan fingerprint density at radius 1 is 1.05 bits per heavy atom. The number of aromatic nitrogens is 2. The molecule has 1 aromatic heterocycles. The molecule has 2 N–H and O–H groups in total. The molecule has 3 aromatic carbocycles. The number of hydrogen-bond donors (Lipinski definition) is 2. The first-order valence-electron chi connectivity index (χ1n) is 12.0. The number of amides is 1. The van der Waals surface area contributed by atoms with Crippen LogP contribution in [0.3, 0.4) is 0 Å². The summed E-state index contributed by atoms with van der Waals surface area (Å²) in [6.07, 6.45) is 1.28. The van der Waals surface area contributed by atoms with Gasteiger partial charge in [0.15, 0.2) is 5.82 Å². The van der Waals surface area contributed by atoms with Crippen LogP contribution in [0.2, 0.25) is 5.02 Å². The van der Waals surface area contributed by atoms with Gasteiger partial charge in [-0.1, -0.05) is 84.4 Å². The molecular weight excluding hydrogens is 490 g/mol. The van der Waals surface area contributed by atoms with E-state index in [0.717, 1.165) is 22.3 Å². The van der Waals surface area contributed by atoms with Crippen molar-refractivity contribution in [3.05, 3.63) is 101 Å². The van der Waals surface area contributed by atoms with Gasteiger partial charge in [-0.25, -0.2) is 9.48 Å². The number of anilines is 1. The number of nitrogens with one attached hydrogen (secondary N) is 1. The minimum atomic E-state index is -1.01. The van der Waals surface area contributed by atoms with Crippen molar-refractivity contribution in [1.29, 1.82) is 0 Å². The van der Waals surface area contributed by atoms with Gasteiger partial charge < -0.3 is 9.84 Å². The van der Waals surface area contributed by atoms with Crippen LogP contribution in [0.5, 0.6) is 0 Å². The van der Waals surface area contributed by atoms with Crippen molar-refractivity contribution in [2.45, 2.75) is 38.2 Å². The molecule has 0 spiro atoms. The van der Waals surface area contributed by atoms with Crippen molar-refractivity contribution >= 4 is 29.5 Å². The molecule has 188 valence electrons. The summed E-state index contributed by atoms with van der Waals surface area (Å²) in [6, 6.07) is 23.0. The first-order chi connectivity index (χ1) is 17.8. The summed E-state index contributed by atoms with van der Waals surface area (Å²) in [5, 5.41) is 17.5. The molecule has 0 bridgehead atoms. The van der Waals surface area contributed by atoms with E-state index in [4.69, 9.17) is 16.3 Å². The maximum absolute atomic E-state index is 12.9. The molecule has 1 heterocycles. The van der Waals surface area contributed by atoms with Crippen LogP contribution in [0.15, 0.2) is 79.0 Å². The van der Waals surface area contributed by atoms with Gasteiger partial charge in [0, 0.05) is 0 Å². The molecule has 8 heteroatoms. The van der Waals surface area contributed by atoms with Crippen LogP contribution in [-0.4, -0.2) is 26.9 Å². The lowest BCUT2D eigenvalue weighted by Gasteiger charge is -2.22. The fourth-order valence-corrected chi connectivity index (χ4v) is 4.87. The van der Waals surface area contributed by atoms with Gasteiger partial charge in [0.2, 0.25) is 0 Å². The average Bonchev–Trinajstić information content (AvgIpc) is 3.65. The third-order valence-electron chi connectivity index (χ3n) is 6.90. The van der Waals surface area contributed by atoms with E-state index >= 15 is 0 Å². The first-order valence-corrected chi connectivity index (χ1v) is 12.4. The third-order valence-corrected chi connectivity index (χ3v) is 7.18. The monoisotopic (exact) mass is 515 g/mol. The highest BCUT2D eigenvalue weighted by molar-refractivity contribution is 6.33. The normalized spacial score (nSPS) is 14.6. The topological polar surface area (TPSA) is 93.5 Å². The van der Waals surface area contributed by atoms with E-state index < -0.39 is 23.6 Å². The Bertz CT molecular complexity index is 1460. The molecule has 0 aliphatic heterocycles. The largest absolute Gasteiger partial charge is 0.481 e. The second-order valence-corrected chi connectivity index (χ2v) is 9.63. The maximum atomic E-state index is 12.9. The van der Waals surface area contributed by atoms with Crippen LogP contribution >= 0.6 is 11.6 Å². The number of benzene rings is 3. The summed E-state index contributed by atoms with van der Waals surface area (Å²) in [4.78, 5) is 25.2. The zero-order chi connectivity index (χ0) is 26.2. The average molecular weight is 516 g/mol. The van der Waals surface area contributed by atoms with Gasteiger partial charge in [0.1, 0.15) is 11.1 Å². The number of carboxylic acids is 1. The van der Waals surface area contributed by atoms with E-state index in [1.54, 1.807) is 6.92 Å². The number of nitrogens with zero attached hydrogens (tertiary/aromatic N) is 2. The van der Waals surface area contributed by atoms with Crippen LogP contribution < -0.4 is 5.32 Å². The SMILES string of the molecule is Cc1c(-c2ccccc2)ccc(C2(C(=O)O)CC2)c1-n1ncc(Cl)c1NC(=O)OC(C)c1ccccc1. The molecular formula is C29H26ClN3O4. The Morgan fingerprint density at radius 3 is 2.32 bits per heavy atom. The Kier molecular flexibility index (Phi) is 6.48. The van der Waals surface area contributed by atoms with Crippen molar-refractivity contribution < 1.29 is 19.4 Å². The highest BCUT2D eigenvalue weighted by Crippen LogP contribution is 2.52. The summed E-state index contributed by atoms with van der Waals surface area (Å²) >= 11 is 6.48. The lowest BCUT2D eigenvalue weighted by atomic mass is 9.88. The summed E-state index contributed by atoms with van der Waals surface area (Å²) in [5.74, 6) is -0.674. The summed E-state index contributed by atoms with van der Waals surface area (Å²) in [6.45, 7) is 3.71. The number of halogens is 1. The van der Waals surface area contributed by atoms with Gasteiger partial charge in [0.05, 0.1) is 17.3 Å². The molecule has 1 atom stereocenters. The van der Waals surface area contributed by atoms with Gasteiger partial charge in [-0.2, -0.15) is 5.10 Å². The van der Waals surface area contributed by atoms with Crippen molar-refractivity contribution in [3.8, 4) is 16.8 Å². The van der Waals surface area contributed by atoms with E-state index in [2.05, 4.69) is 10.4 Å². The molecule has 1 amide bonds. The first kappa shape index (κ1) is 24.6. The predicted octanol–water partition coefficient (Wildman–Crippen LogP) is 6.93. The molecule has 0 radical (unpaired) electrons. The minimum absolute atomic E-state index is 0.208. The minimum Gasteiger partial charge on any atom is -0.481 e. The fourth-order valence-electron chi connectivity index (χ4n) is 4.70. The molecule has 4 aromatic rings. The second kappa shape index (κ2) is 9.75. The van der Waals surface area contributed by atoms with Crippen LogP contribution in [0.1, 0.15) is 42.6 Å². The summed E-state index contributed by atoms with van der Waals surface area (Å²) < 4.78 is 7.09. The lowest BCUT2D eigenvalue weighted by Crippen LogP contribution is -2.24. The number of ether oxygens (including phenoxy) is 1. The molecule has 1 aliphatic rings. The van der Waals surface area contributed by atoms with Gasteiger partial charge in [-0.3, -0.25) is 10.1 Å². The zero-order valence-electron chi connectivity index (χ0n) is 20.4. The van der Waals surface area contributed by atoms with Crippen molar-refractivity contribution in [1.82, 2.24) is 9.78 Å². The summed E-state index contributed by atoms with van der Waals surface area (Å²) in [7, 11) is 0. The Balaban J connectivity index is 1.57. The molecule has 1 fully saturated rings. The van der Waals surface area contributed by atoms with Crippen LogP contribution in [0.25, 0.3) is 16.8 Å². The van der Waals surface area contributed by atoms with Crippen LogP contribution in [0, 0.1) is 6.92 Å². The number of hydrogen-bond acceptors (Lipinski definition) is 4. The van der Waals surface area contributed by atoms with Crippen molar-refractivity contribution in [3.63, 3.8) is 0 Å². The van der Waals surface area contributed by atoms with E-state index in [1.165, 1.54) is 10.9 Å². The Hall–Kier alpha value is -4.10. The van der Waals surface area contributed by atoms with E-state index in [1.807, 2.05) is 79.7 Å². The molecule has 0 saturated heterocycles. The number of carbonyl (C=O) groups excluding carboxylic acids is 1. The maximum Gasteiger partial charge on any atom is 0.413 e. The van der Waals surface area contributed by atoms with Gasteiger partial charge in [0.25, 0.3) is 0 Å². The molecule has 1 unspecified atom stereocenters. The summed E-state index contributed by atoms with van der Waals surface area (Å²) in [5.41, 5.74) is 3.79. The highest BCUT2D eigenvalue weighted by atomic mass is 35.5. The molecule has 1 saturated carbocycles. The number of aliphatic carboxylic acids is 1. The van der Waals surface area contributed by atoms with Gasteiger partial charge in [-0.05, 0) is 54.5 Å². The second-order valence-electron chi connectivity index (χ2n) is 9.22. The highest BCUT2D eigenvalue weighted by Gasteiger charge is 2.53. The smallest absolute Gasteiger partial charge is 0.413 e. The van der Waals surface area contributed by atoms with E-state index in [-0.39, 0.29) is 10.8 Å². The zero-order valence-corrected chi connectivity index (χ0v) is 21.2. The van der Waals surface area contributed by atoms with Crippen LogP contribution in [-0.2, 0) is 14.9 Å². The van der Waals surface area contributed by atoms with Gasteiger partial charge >= 0.3 is 12.1 Å². The predicted molar refractivity (Wildman–Crippen MR) is 142 cm³/mol. The van der Waals surface area contributed by atoms with Crippen LogP contribution in [0.4, 0.5) is 10.6 Å². The Morgan fingerprint density at radius 2 is 1.70 bits per heavy atom. The number of carbonyl (C=O) groups is 2. The van der Waals surface area contributed by atoms with E-state index in [9.17, 15) is 14.7 Å². The molecule has 5 rings (SSSR count). The Labute approximate surface area is 219 Å². The lowest BCUT2D eigenvalue weighted by molar-refractivity contribution is -0.140. The quantitative estimate of drug-likeness (QED) is 0.278. The van der Waals surface area contributed by atoms with Gasteiger partial charge in [-0.15, -0.1) is 0 Å². The molecule has 1 aliphatic carbocycles. The third kappa shape index (κ3) is 4.58.